The van der Waals surface area contributed by atoms with Gasteiger partial charge in [0, 0.05) is 27.4 Å². The molecular weight excluding hydrogens is 268 g/mol. The Balaban J connectivity index is 1.96. The van der Waals surface area contributed by atoms with Crippen molar-refractivity contribution in [2.75, 3.05) is 34.2 Å². The number of thiophene rings is 1. The maximum Gasteiger partial charge on any atom is 0.177 e. The third-order valence-electron chi connectivity index (χ3n) is 4.55. The van der Waals surface area contributed by atoms with Gasteiger partial charge in [0.2, 0.25) is 0 Å². The lowest BCUT2D eigenvalue weighted by molar-refractivity contribution is 0.0280. The molecule has 1 heterocycles. The normalized spacial score (nSPS) is 17.6. The molecule has 1 fully saturated rings. The van der Waals surface area contributed by atoms with Crippen LogP contribution in [0.3, 0.4) is 0 Å². The summed E-state index contributed by atoms with van der Waals surface area (Å²) in [6.45, 7) is 5.60. The van der Waals surface area contributed by atoms with Crippen molar-refractivity contribution in [2.45, 2.75) is 38.6 Å². The van der Waals surface area contributed by atoms with Gasteiger partial charge in [0.25, 0.3) is 0 Å². The highest BCUT2D eigenvalue weighted by atomic mass is 32.1. The number of rotatable bonds is 6. The van der Waals surface area contributed by atoms with E-state index >= 15 is 0 Å². The van der Waals surface area contributed by atoms with Gasteiger partial charge in [-0.3, -0.25) is 9.69 Å². The number of ketones is 1. The van der Waals surface area contributed by atoms with Gasteiger partial charge in [0.05, 0.1) is 6.54 Å². The first-order valence-electron chi connectivity index (χ1n) is 7.30. The highest BCUT2D eigenvalue weighted by Gasteiger charge is 2.39. The second-order valence-electron chi connectivity index (χ2n) is 6.39. The molecule has 3 nitrogen and oxygen atoms in total. The van der Waals surface area contributed by atoms with Crippen molar-refractivity contribution in [3.63, 3.8) is 0 Å². The van der Waals surface area contributed by atoms with Crippen LogP contribution >= 0.6 is 11.3 Å². The van der Waals surface area contributed by atoms with E-state index in [0.717, 1.165) is 17.0 Å². The first-order valence-corrected chi connectivity index (χ1v) is 8.12. The fourth-order valence-corrected chi connectivity index (χ4v) is 4.07. The molecule has 112 valence electrons. The molecule has 1 aromatic rings. The Bertz CT molecular complexity index is 489. The summed E-state index contributed by atoms with van der Waals surface area (Å²) in [4.78, 5) is 19.3. The van der Waals surface area contributed by atoms with E-state index in [-0.39, 0.29) is 11.3 Å². The number of nitrogens with zero attached hydrogens (tertiary/aromatic N) is 2. The number of hydrogen-bond acceptors (Lipinski definition) is 4. The maximum atomic E-state index is 12.4. The molecule has 0 spiro atoms. The van der Waals surface area contributed by atoms with Crippen molar-refractivity contribution in [3.8, 4) is 0 Å². The van der Waals surface area contributed by atoms with Crippen molar-refractivity contribution < 1.29 is 4.79 Å². The summed E-state index contributed by atoms with van der Waals surface area (Å²) in [6, 6.07) is 2.03. The van der Waals surface area contributed by atoms with Crippen LogP contribution in [0.5, 0.6) is 0 Å². The summed E-state index contributed by atoms with van der Waals surface area (Å²) < 4.78 is 0. The molecule has 1 aliphatic carbocycles. The number of likely N-dealkylation sites (N-methyl/N-ethyl adjacent to an activating group) is 2. The molecule has 0 bridgehead atoms. The van der Waals surface area contributed by atoms with Gasteiger partial charge in [0.15, 0.2) is 5.78 Å². The zero-order valence-corrected chi connectivity index (χ0v) is 14.1. The molecule has 0 atom stereocenters. The van der Waals surface area contributed by atoms with Gasteiger partial charge in [-0.25, -0.2) is 0 Å². The number of Topliss-reactive ketones (excluding diaryl/α,β-unsaturated/α-hetero) is 1. The van der Waals surface area contributed by atoms with Crippen molar-refractivity contribution in [1.29, 1.82) is 0 Å². The van der Waals surface area contributed by atoms with Gasteiger partial charge in [-0.1, -0.05) is 0 Å². The summed E-state index contributed by atoms with van der Waals surface area (Å²) in [5.74, 6) is 0.252. The smallest absolute Gasteiger partial charge is 0.177 e. The van der Waals surface area contributed by atoms with Crippen molar-refractivity contribution in [2.24, 2.45) is 0 Å². The summed E-state index contributed by atoms with van der Waals surface area (Å²) in [5.41, 5.74) is 1.20. The lowest BCUT2D eigenvalue weighted by atomic mass is 9.75. The second-order valence-corrected chi connectivity index (χ2v) is 7.86. The number of carbonyl (C=O) groups is 1. The monoisotopic (exact) mass is 294 g/mol. The molecule has 0 radical (unpaired) electrons. The molecule has 0 N–H and O–H groups in total. The second kappa shape index (κ2) is 5.96. The van der Waals surface area contributed by atoms with Crippen LogP contribution in [0, 0.1) is 13.8 Å². The lowest BCUT2D eigenvalue weighted by Crippen LogP contribution is -2.57. The number of hydrogen-bond donors (Lipinski definition) is 0. The summed E-state index contributed by atoms with van der Waals surface area (Å²) in [6.07, 6.45) is 3.80. The van der Waals surface area contributed by atoms with Crippen molar-refractivity contribution in [1.82, 2.24) is 9.80 Å². The van der Waals surface area contributed by atoms with Gasteiger partial charge >= 0.3 is 0 Å². The summed E-state index contributed by atoms with van der Waals surface area (Å²) in [7, 11) is 6.37. The SMILES string of the molecule is Cc1cc(C(=O)CN(C)CC2(N(C)C)CCC2)c(C)s1. The highest BCUT2D eigenvalue weighted by Crippen LogP contribution is 2.36. The van der Waals surface area contributed by atoms with Crippen LogP contribution in [-0.2, 0) is 0 Å². The molecule has 0 aromatic carbocycles. The first-order chi connectivity index (χ1) is 9.34. The van der Waals surface area contributed by atoms with E-state index in [2.05, 4.69) is 37.9 Å². The predicted octanol–water partition coefficient (Wildman–Crippen LogP) is 2.96. The van der Waals surface area contributed by atoms with Crippen molar-refractivity contribution in [3.05, 3.63) is 21.4 Å². The molecule has 0 unspecified atom stereocenters. The Kier molecular flexibility index (Phi) is 4.67. The summed E-state index contributed by atoms with van der Waals surface area (Å²) >= 11 is 1.71. The van der Waals surface area contributed by atoms with E-state index in [1.54, 1.807) is 11.3 Å². The van der Waals surface area contributed by atoms with Crippen LogP contribution in [0.2, 0.25) is 0 Å². The van der Waals surface area contributed by atoms with E-state index in [9.17, 15) is 4.79 Å². The highest BCUT2D eigenvalue weighted by molar-refractivity contribution is 7.12. The van der Waals surface area contributed by atoms with E-state index < -0.39 is 0 Å². The number of carbonyl (C=O) groups excluding carboxylic acids is 1. The molecule has 1 aromatic heterocycles. The Morgan fingerprint density at radius 2 is 1.95 bits per heavy atom. The molecule has 0 saturated heterocycles. The fraction of sp³-hybridized carbons (Fsp3) is 0.688. The minimum atomic E-state index is 0.252. The van der Waals surface area contributed by atoms with E-state index in [1.807, 2.05) is 13.0 Å². The van der Waals surface area contributed by atoms with Crippen LogP contribution in [-0.4, -0.2) is 55.4 Å². The zero-order valence-electron chi connectivity index (χ0n) is 13.3. The maximum absolute atomic E-state index is 12.4. The van der Waals surface area contributed by atoms with Crippen molar-refractivity contribution >= 4 is 17.1 Å². The van der Waals surface area contributed by atoms with Crippen LogP contribution in [0.4, 0.5) is 0 Å². The fourth-order valence-electron chi connectivity index (χ4n) is 3.13. The van der Waals surface area contributed by atoms with Gasteiger partial charge < -0.3 is 4.90 Å². The summed E-state index contributed by atoms with van der Waals surface area (Å²) in [5, 5.41) is 0. The molecule has 0 amide bonds. The van der Waals surface area contributed by atoms with Crippen LogP contribution in [0.25, 0.3) is 0 Å². The van der Waals surface area contributed by atoms with Crippen LogP contribution < -0.4 is 0 Å². The first kappa shape index (κ1) is 15.7. The quantitative estimate of drug-likeness (QED) is 0.754. The Labute approximate surface area is 126 Å². The Morgan fingerprint density at radius 1 is 1.30 bits per heavy atom. The molecule has 2 rings (SSSR count). The molecule has 4 heteroatoms. The average molecular weight is 294 g/mol. The Morgan fingerprint density at radius 3 is 2.35 bits per heavy atom. The standard InChI is InChI=1S/C16H26N2OS/c1-12-9-14(13(2)20-12)15(19)10-18(5)11-16(17(3)4)7-6-8-16/h9H,6-8,10-11H2,1-5H3. The minimum Gasteiger partial charge on any atom is -0.302 e. The predicted molar refractivity (Wildman–Crippen MR) is 85.9 cm³/mol. The number of aryl methyl sites for hydroxylation is 2. The van der Waals surface area contributed by atoms with Gasteiger partial charge in [-0.15, -0.1) is 11.3 Å². The van der Waals surface area contributed by atoms with E-state index in [1.165, 1.54) is 24.1 Å². The average Bonchev–Trinajstić information content (AvgIpc) is 2.62. The van der Waals surface area contributed by atoms with Gasteiger partial charge in [0.1, 0.15) is 0 Å². The van der Waals surface area contributed by atoms with Gasteiger partial charge in [-0.05, 0) is 60.3 Å². The van der Waals surface area contributed by atoms with Crippen LogP contribution in [0.1, 0.15) is 39.4 Å². The van der Waals surface area contributed by atoms with E-state index in [4.69, 9.17) is 0 Å². The molecular formula is C16H26N2OS. The largest absolute Gasteiger partial charge is 0.302 e. The zero-order chi connectivity index (χ0) is 14.9. The van der Waals surface area contributed by atoms with Gasteiger partial charge in [-0.2, -0.15) is 0 Å². The topological polar surface area (TPSA) is 23.6 Å². The van der Waals surface area contributed by atoms with Crippen LogP contribution in [0.15, 0.2) is 6.07 Å². The molecule has 0 aliphatic heterocycles. The molecule has 1 aliphatic rings. The lowest BCUT2D eigenvalue weighted by Gasteiger charge is -2.49. The molecule has 1 saturated carbocycles. The molecule has 20 heavy (non-hydrogen) atoms. The minimum absolute atomic E-state index is 0.252. The third kappa shape index (κ3) is 3.13. The van der Waals surface area contributed by atoms with E-state index in [0.29, 0.717) is 6.54 Å². The third-order valence-corrected chi connectivity index (χ3v) is 5.52. The Hall–Kier alpha value is -0.710.